The molecule has 1 aliphatic heterocycles. The highest BCUT2D eigenvalue weighted by Gasteiger charge is 2.32. The van der Waals surface area contributed by atoms with E-state index < -0.39 is 0 Å². The van der Waals surface area contributed by atoms with Crippen LogP contribution >= 0.6 is 0 Å². The standard InChI is InChI=1S/C29H34N6O3/c1-2-9-25(28-31-32-33-35(28)17-20-10-5-3-6-11-20)34(23-12-7-4-8-13-23)18-22-14-21-15-26-27(38-19-37-26)16-24(21)30-29(22)36/h3,5-6,10-11,14-16,23,25H,2,4,7-9,12-13,17-19H2,1H3,(H,30,36)/t25-/m1/s1. The molecule has 9 nitrogen and oxygen atoms in total. The first-order valence-corrected chi connectivity index (χ1v) is 13.7. The number of tetrazole rings is 1. The lowest BCUT2D eigenvalue weighted by Crippen LogP contribution is -2.41. The normalized spacial score (nSPS) is 16.4. The number of rotatable bonds is 9. The summed E-state index contributed by atoms with van der Waals surface area (Å²) >= 11 is 0. The second-order valence-corrected chi connectivity index (χ2v) is 10.4. The maximum absolute atomic E-state index is 13.3. The summed E-state index contributed by atoms with van der Waals surface area (Å²) in [6.45, 7) is 3.55. The van der Waals surface area contributed by atoms with Crippen LogP contribution in [0.15, 0.2) is 53.3 Å². The van der Waals surface area contributed by atoms with E-state index in [1.165, 1.54) is 19.3 Å². The van der Waals surface area contributed by atoms with Crippen LogP contribution in [0.4, 0.5) is 0 Å². The summed E-state index contributed by atoms with van der Waals surface area (Å²) in [6.07, 6.45) is 7.80. The Labute approximate surface area is 221 Å². The Morgan fingerprint density at radius 1 is 1.08 bits per heavy atom. The molecular weight excluding hydrogens is 480 g/mol. The molecule has 2 aromatic heterocycles. The second kappa shape index (κ2) is 10.9. The van der Waals surface area contributed by atoms with Gasteiger partial charge in [-0.2, -0.15) is 0 Å². The molecule has 0 unspecified atom stereocenters. The number of fused-ring (bicyclic) bond motifs is 2. The lowest BCUT2D eigenvalue weighted by Gasteiger charge is -2.39. The third kappa shape index (κ3) is 5.03. The fraction of sp³-hybridized carbons (Fsp3) is 0.448. The fourth-order valence-electron chi connectivity index (χ4n) is 5.90. The molecule has 1 atom stereocenters. The smallest absolute Gasteiger partial charge is 0.252 e. The summed E-state index contributed by atoms with van der Waals surface area (Å²) < 4.78 is 13.0. The Morgan fingerprint density at radius 2 is 1.87 bits per heavy atom. The number of ether oxygens (including phenoxy) is 2. The van der Waals surface area contributed by atoms with Gasteiger partial charge in [0.05, 0.1) is 18.1 Å². The molecule has 0 saturated heterocycles. The Hall–Kier alpha value is -3.72. The van der Waals surface area contributed by atoms with Gasteiger partial charge >= 0.3 is 0 Å². The van der Waals surface area contributed by atoms with Crippen LogP contribution < -0.4 is 15.0 Å². The maximum atomic E-state index is 13.3. The molecule has 1 saturated carbocycles. The quantitative estimate of drug-likeness (QED) is 0.337. The number of hydrogen-bond acceptors (Lipinski definition) is 7. The van der Waals surface area contributed by atoms with Crippen molar-refractivity contribution in [1.29, 1.82) is 0 Å². The van der Waals surface area contributed by atoms with Gasteiger partial charge in [0, 0.05) is 29.6 Å². The van der Waals surface area contributed by atoms with Crippen LogP contribution in [0.25, 0.3) is 10.9 Å². The number of nitrogens with one attached hydrogen (secondary N) is 1. The van der Waals surface area contributed by atoms with Crippen molar-refractivity contribution in [3.63, 3.8) is 0 Å². The zero-order chi connectivity index (χ0) is 25.9. The molecule has 9 heteroatoms. The van der Waals surface area contributed by atoms with Gasteiger partial charge in [0.1, 0.15) is 0 Å². The van der Waals surface area contributed by atoms with Crippen molar-refractivity contribution in [2.45, 2.75) is 77.0 Å². The SMILES string of the molecule is CCC[C@H](c1nnnn1Cc1ccccc1)N(Cc1cc2cc3c(cc2[nH]c1=O)OCO3)C1CCCCC1. The van der Waals surface area contributed by atoms with Crippen molar-refractivity contribution in [2.24, 2.45) is 0 Å². The van der Waals surface area contributed by atoms with Crippen molar-refractivity contribution in [3.05, 3.63) is 75.8 Å². The molecule has 3 heterocycles. The Morgan fingerprint density at radius 3 is 2.66 bits per heavy atom. The highest BCUT2D eigenvalue weighted by Crippen LogP contribution is 2.36. The van der Waals surface area contributed by atoms with Crippen LogP contribution in [0.5, 0.6) is 11.5 Å². The lowest BCUT2D eigenvalue weighted by molar-refractivity contribution is 0.0812. The molecule has 38 heavy (non-hydrogen) atoms. The van der Waals surface area contributed by atoms with Crippen molar-refractivity contribution in [3.8, 4) is 11.5 Å². The van der Waals surface area contributed by atoms with Crippen LogP contribution in [-0.2, 0) is 13.1 Å². The average Bonchev–Trinajstić information content (AvgIpc) is 3.60. The molecule has 0 amide bonds. The van der Waals surface area contributed by atoms with E-state index in [-0.39, 0.29) is 18.4 Å². The fourth-order valence-corrected chi connectivity index (χ4v) is 5.90. The third-order valence-electron chi connectivity index (χ3n) is 7.81. The van der Waals surface area contributed by atoms with Gasteiger partial charge in [-0.1, -0.05) is 62.9 Å². The van der Waals surface area contributed by atoms with Gasteiger partial charge < -0.3 is 14.5 Å². The average molecular weight is 515 g/mol. The molecule has 2 aliphatic rings. The topological polar surface area (TPSA) is 98.2 Å². The summed E-state index contributed by atoms with van der Waals surface area (Å²) in [5, 5.41) is 13.9. The van der Waals surface area contributed by atoms with Gasteiger partial charge in [-0.15, -0.1) is 5.10 Å². The van der Waals surface area contributed by atoms with Crippen LogP contribution in [0.1, 0.15) is 74.9 Å². The zero-order valence-electron chi connectivity index (χ0n) is 21.8. The molecule has 6 rings (SSSR count). The minimum Gasteiger partial charge on any atom is -0.454 e. The van der Waals surface area contributed by atoms with Crippen molar-refractivity contribution in [1.82, 2.24) is 30.1 Å². The number of pyridine rings is 1. The molecule has 1 aliphatic carbocycles. The molecule has 198 valence electrons. The highest BCUT2D eigenvalue weighted by molar-refractivity contribution is 5.83. The molecule has 0 spiro atoms. The molecule has 0 bridgehead atoms. The van der Waals surface area contributed by atoms with Gasteiger partial charge in [-0.3, -0.25) is 9.69 Å². The van der Waals surface area contributed by atoms with Gasteiger partial charge in [0.2, 0.25) is 6.79 Å². The predicted octanol–water partition coefficient (Wildman–Crippen LogP) is 4.97. The Balaban J connectivity index is 1.37. The number of benzene rings is 2. The van der Waals surface area contributed by atoms with Gasteiger partial charge in [0.25, 0.3) is 5.56 Å². The van der Waals surface area contributed by atoms with E-state index in [9.17, 15) is 4.79 Å². The molecule has 4 aromatic rings. The molecule has 1 fully saturated rings. The van der Waals surface area contributed by atoms with Gasteiger partial charge in [0.15, 0.2) is 17.3 Å². The summed E-state index contributed by atoms with van der Waals surface area (Å²) in [6, 6.07) is 16.5. The van der Waals surface area contributed by atoms with Crippen LogP contribution in [0.3, 0.4) is 0 Å². The minimum atomic E-state index is -0.0729. The summed E-state index contributed by atoms with van der Waals surface area (Å²) in [4.78, 5) is 18.9. The monoisotopic (exact) mass is 514 g/mol. The van der Waals surface area contributed by atoms with E-state index in [0.717, 1.165) is 53.5 Å². The second-order valence-electron chi connectivity index (χ2n) is 10.4. The number of hydrogen-bond donors (Lipinski definition) is 1. The van der Waals surface area contributed by atoms with Crippen molar-refractivity contribution < 1.29 is 9.47 Å². The van der Waals surface area contributed by atoms with E-state index in [1.807, 2.05) is 41.1 Å². The molecule has 0 radical (unpaired) electrons. The van der Waals surface area contributed by atoms with Crippen molar-refractivity contribution in [2.75, 3.05) is 6.79 Å². The van der Waals surface area contributed by atoms with Crippen LogP contribution in [0.2, 0.25) is 0 Å². The maximum Gasteiger partial charge on any atom is 0.252 e. The molecular formula is C29H34N6O3. The first-order valence-electron chi connectivity index (χ1n) is 13.7. The lowest BCUT2D eigenvalue weighted by atomic mass is 9.91. The highest BCUT2D eigenvalue weighted by atomic mass is 16.7. The van der Waals surface area contributed by atoms with Crippen LogP contribution in [-0.4, -0.2) is 42.9 Å². The van der Waals surface area contributed by atoms with E-state index in [0.29, 0.717) is 30.6 Å². The summed E-state index contributed by atoms with van der Waals surface area (Å²) in [5.74, 6) is 2.24. The number of H-pyrrole nitrogens is 1. The molecule has 1 N–H and O–H groups in total. The van der Waals surface area contributed by atoms with E-state index in [1.54, 1.807) is 0 Å². The van der Waals surface area contributed by atoms with Gasteiger partial charge in [-0.05, 0) is 47.4 Å². The first-order chi connectivity index (χ1) is 18.7. The first kappa shape index (κ1) is 24.6. The van der Waals surface area contributed by atoms with E-state index in [4.69, 9.17) is 9.47 Å². The number of aromatic nitrogens is 5. The van der Waals surface area contributed by atoms with Crippen molar-refractivity contribution >= 4 is 10.9 Å². The summed E-state index contributed by atoms with van der Waals surface area (Å²) in [5.41, 5.74) is 2.58. The Kier molecular flexibility index (Phi) is 7.09. The van der Waals surface area contributed by atoms with E-state index >= 15 is 0 Å². The van der Waals surface area contributed by atoms with Crippen LogP contribution in [0, 0.1) is 0 Å². The van der Waals surface area contributed by atoms with E-state index in [2.05, 4.69) is 44.5 Å². The third-order valence-corrected chi connectivity index (χ3v) is 7.81. The predicted molar refractivity (Wildman–Crippen MR) is 144 cm³/mol. The zero-order valence-corrected chi connectivity index (χ0v) is 21.8. The summed E-state index contributed by atoms with van der Waals surface area (Å²) in [7, 11) is 0. The Bertz CT molecular complexity index is 1440. The minimum absolute atomic E-state index is 0.00802. The number of nitrogens with zero attached hydrogens (tertiary/aromatic N) is 5. The molecule has 2 aromatic carbocycles. The van der Waals surface area contributed by atoms with Gasteiger partial charge in [-0.25, -0.2) is 4.68 Å². The number of aromatic amines is 1. The largest absolute Gasteiger partial charge is 0.454 e.